The van der Waals surface area contributed by atoms with Gasteiger partial charge >= 0.3 is 0 Å². The van der Waals surface area contributed by atoms with E-state index in [9.17, 15) is 8.42 Å². The summed E-state index contributed by atoms with van der Waals surface area (Å²) >= 11 is 0. The largest absolute Gasteiger partial charge is 0.349 e. The van der Waals surface area contributed by atoms with Crippen molar-refractivity contribution in [3.63, 3.8) is 0 Å². The average Bonchev–Trinajstić information content (AvgIpc) is 2.83. The van der Waals surface area contributed by atoms with Crippen molar-refractivity contribution in [3.8, 4) is 0 Å². The number of nitrogens with zero attached hydrogens (tertiary/aromatic N) is 3. The minimum absolute atomic E-state index is 0.411. The third-order valence-electron chi connectivity index (χ3n) is 3.76. The van der Waals surface area contributed by atoms with Gasteiger partial charge in [-0.1, -0.05) is 0 Å². The van der Waals surface area contributed by atoms with Gasteiger partial charge in [0.15, 0.2) is 0 Å². The van der Waals surface area contributed by atoms with E-state index in [1.165, 1.54) is 0 Å². The van der Waals surface area contributed by atoms with E-state index >= 15 is 0 Å². The molecule has 7 heteroatoms. The van der Waals surface area contributed by atoms with Gasteiger partial charge in [-0.05, 0) is 27.1 Å². The van der Waals surface area contributed by atoms with E-state index in [1.54, 1.807) is 16.6 Å². The first-order valence-corrected chi connectivity index (χ1v) is 8.45. The van der Waals surface area contributed by atoms with Crippen LogP contribution in [0.4, 0.5) is 0 Å². The zero-order valence-corrected chi connectivity index (χ0v) is 13.3. The molecule has 0 amide bonds. The lowest BCUT2D eigenvalue weighted by molar-refractivity contribution is 0.222. The van der Waals surface area contributed by atoms with Gasteiger partial charge in [-0.15, -0.1) is 0 Å². The molecular formula is C13H24N4O2S. The minimum atomic E-state index is -3.36. The van der Waals surface area contributed by atoms with Crippen LogP contribution in [0.2, 0.25) is 0 Å². The maximum Gasteiger partial charge on any atom is 0.244 e. The molecule has 1 aromatic rings. The number of hydrogen-bond acceptors (Lipinski definition) is 4. The summed E-state index contributed by atoms with van der Waals surface area (Å²) in [4.78, 5) is 2.56. The molecule has 0 atom stereocenters. The summed E-state index contributed by atoms with van der Waals surface area (Å²) in [5, 5.41) is 3.07. The van der Waals surface area contributed by atoms with Crippen molar-refractivity contribution in [2.45, 2.75) is 24.9 Å². The number of sulfonamides is 1. The zero-order valence-electron chi connectivity index (χ0n) is 12.5. The summed E-state index contributed by atoms with van der Waals surface area (Å²) in [5.74, 6) is 0. The standard InChI is InChI=1S/C13H24N4O2S/c1-4-16-11-13(9-12(16)10-14-2)20(18,19)17-7-5-15(3)6-8-17/h9,11,14H,4-8,10H2,1-3H3. The van der Waals surface area contributed by atoms with Crippen LogP contribution in [0.1, 0.15) is 12.6 Å². The SMILES string of the molecule is CCn1cc(S(=O)(=O)N2CCN(C)CC2)cc1CNC. The highest BCUT2D eigenvalue weighted by atomic mass is 32.2. The summed E-state index contributed by atoms with van der Waals surface area (Å²) in [7, 11) is 0.522. The number of hydrogen-bond donors (Lipinski definition) is 1. The van der Waals surface area contributed by atoms with Crippen molar-refractivity contribution in [3.05, 3.63) is 18.0 Å². The predicted octanol–water partition coefficient (Wildman–Crippen LogP) is 0.164. The maximum atomic E-state index is 12.7. The molecule has 0 aliphatic carbocycles. The molecule has 6 nitrogen and oxygen atoms in total. The molecule has 0 spiro atoms. The Kier molecular flexibility index (Phi) is 4.85. The fraction of sp³-hybridized carbons (Fsp3) is 0.692. The van der Waals surface area contributed by atoms with Crippen molar-refractivity contribution in [2.75, 3.05) is 40.3 Å². The second-order valence-corrected chi connectivity index (χ2v) is 7.13. The summed E-state index contributed by atoms with van der Waals surface area (Å²) in [6, 6.07) is 1.79. The number of likely N-dealkylation sites (N-methyl/N-ethyl adjacent to an activating group) is 1. The first-order valence-electron chi connectivity index (χ1n) is 7.01. The highest BCUT2D eigenvalue weighted by molar-refractivity contribution is 7.89. The van der Waals surface area contributed by atoms with Gasteiger partial charge in [-0.3, -0.25) is 0 Å². The number of nitrogens with one attached hydrogen (secondary N) is 1. The first kappa shape index (κ1) is 15.5. The molecule has 1 saturated heterocycles. The van der Waals surface area contributed by atoms with E-state index in [0.29, 0.717) is 24.5 Å². The van der Waals surface area contributed by atoms with Gasteiger partial charge in [0, 0.05) is 51.2 Å². The topological polar surface area (TPSA) is 57.6 Å². The molecule has 0 bridgehead atoms. The van der Waals surface area contributed by atoms with Crippen molar-refractivity contribution in [1.82, 2.24) is 19.1 Å². The van der Waals surface area contributed by atoms with Crippen LogP contribution in [0.3, 0.4) is 0 Å². The third kappa shape index (κ3) is 3.06. The lowest BCUT2D eigenvalue weighted by Gasteiger charge is -2.31. The Bertz CT molecular complexity index is 545. The van der Waals surface area contributed by atoms with E-state index in [4.69, 9.17) is 0 Å². The van der Waals surface area contributed by atoms with E-state index in [2.05, 4.69) is 10.2 Å². The lowest BCUT2D eigenvalue weighted by Crippen LogP contribution is -2.46. The molecule has 0 unspecified atom stereocenters. The van der Waals surface area contributed by atoms with Crippen LogP contribution in [0.15, 0.2) is 17.2 Å². The molecule has 1 N–H and O–H groups in total. The quantitative estimate of drug-likeness (QED) is 0.842. The fourth-order valence-electron chi connectivity index (χ4n) is 2.47. The minimum Gasteiger partial charge on any atom is -0.349 e. The predicted molar refractivity (Wildman–Crippen MR) is 79.1 cm³/mol. The van der Waals surface area contributed by atoms with Crippen LogP contribution in [0, 0.1) is 0 Å². The van der Waals surface area contributed by atoms with Crippen LogP contribution in [0.5, 0.6) is 0 Å². The van der Waals surface area contributed by atoms with Gasteiger partial charge in [0.1, 0.15) is 4.90 Å². The normalized spacial score (nSPS) is 18.6. The van der Waals surface area contributed by atoms with Crippen LogP contribution in [-0.4, -0.2) is 62.5 Å². The highest BCUT2D eigenvalue weighted by Gasteiger charge is 2.28. The average molecular weight is 300 g/mol. The molecule has 114 valence electrons. The second-order valence-electron chi connectivity index (χ2n) is 5.19. The Balaban J connectivity index is 2.25. The van der Waals surface area contributed by atoms with Crippen LogP contribution >= 0.6 is 0 Å². The van der Waals surface area contributed by atoms with Gasteiger partial charge in [0.05, 0.1) is 0 Å². The number of aryl methyl sites for hydroxylation is 1. The Labute approximate surface area is 121 Å². The lowest BCUT2D eigenvalue weighted by atomic mass is 10.4. The molecule has 2 rings (SSSR count). The molecule has 1 aromatic heterocycles. The Morgan fingerprint density at radius 2 is 1.90 bits per heavy atom. The van der Waals surface area contributed by atoms with Crippen molar-refractivity contribution < 1.29 is 8.42 Å². The van der Waals surface area contributed by atoms with Crippen molar-refractivity contribution >= 4 is 10.0 Å². The number of rotatable bonds is 5. The van der Waals surface area contributed by atoms with Crippen LogP contribution < -0.4 is 5.32 Å². The summed E-state index contributed by atoms with van der Waals surface area (Å²) in [6.07, 6.45) is 1.75. The van der Waals surface area contributed by atoms with Crippen molar-refractivity contribution in [2.24, 2.45) is 0 Å². The first-order chi connectivity index (χ1) is 9.48. The van der Waals surface area contributed by atoms with Gasteiger partial charge < -0.3 is 14.8 Å². The zero-order chi connectivity index (χ0) is 14.8. The third-order valence-corrected chi connectivity index (χ3v) is 5.62. The second kappa shape index (κ2) is 6.26. The smallest absolute Gasteiger partial charge is 0.244 e. The molecule has 0 aromatic carbocycles. The Morgan fingerprint density at radius 1 is 1.25 bits per heavy atom. The molecule has 1 fully saturated rings. The van der Waals surface area contributed by atoms with E-state index < -0.39 is 10.0 Å². The fourth-order valence-corrected chi connectivity index (χ4v) is 3.96. The molecule has 20 heavy (non-hydrogen) atoms. The molecular weight excluding hydrogens is 276 g/mol. The summed E-state index contributed by atoms with van der Waals surface area (Å²) in [6.45, 7) is 6.18. The van der Waals surface area contributed by atoms with Gasteiger partial charge in [-0.2, -0.15) is 4.31 Å². The Hall–Kier alpha value is -0.890. The number of aromatic nitrogens is 1. The molecule has 1 aliphatic rings. The van der Waals surface area contributed by atoms with Crippen molar-refractivity contribution in [1.29, 1.82) is 0 Å². The van der Waals surface area contributed by atoms with Crippen LogP contribution in [-0.2, 0) is 23.1 Å². The Morgan fingerprint density at radius 3 is 2.45 bits per heavy atom. The molecule has 2 heterocycles. The van der Waals surface area contributed by atoms with Crippen LogP contribution in [0.25, 0.3) is 0 Å². The monoisotopic (exact) mass is 300 g/mol. The van der Waals surface area contributed by atoms with E-state index in [1.807, 2.05) is 25.6 Å². The summed E-state index contributed by atoms with van der Waals surface area (Å²) < 4.78 is 28.9. The molecule has 0 saturated carbocycles. The van der Waals surface area contributed by atoms with E-state index in [-0.39, 0.29) is 0 Å². The van der Waals surface area contributed by atoms with E-state index in [0.717, 1.165) is 25.3 Å². The maximum absolute atomic E-state index is 12.7. The van der Waals surface area contributed by atoms with Gasteiger partial charge in [0.25, 0.3) is 0 Å². The summed E-state index contributed by atoms with van der Waals surface area (Å²) in [5.41, 5.74) is 1.00. The van der Waals surface area contributed by atoms with Gasteiger partial charge in [-0.25, -0.2) is 8.42 Å². The van der Waals surface area contributed by atoms with Gasteiger partial charge in [0.2, 0.25) is 10.0 Å². The molecule has 1 aliphatic heterocycles. The molecule has 0 radical (unpaired) electrons. The highest BCUT2D eigenvalue weighted by Crippen LogP contribution is 2.20. The number of piperazine rings is 1.